The Labute approximate surface area is 108 Å². The normalized spacial score (nSPS) is 25.1. The molecule has 1 atom stereocenters. The lowest BCUT2D eigenvalue weighted by Crippen LogP contribution is -2.27. The van der Waals surface area contributed by atoms with E-state index in [9.17, 15) is 0 Å². The second-order valence-corrected chi connectivity index (χ2v) is 5.16. The molecule has 1 unspecified atom stereocenters. The SMILES string of the molecule is CCOC1CCCn2nc(C3CCNCC3)nc21. The molecule has 100 valence electrons. The summed E-state index contributed by atoms with van der Waals surface area (Å²) in [5, 5.41) is 8.09. The van der Waals surface area contributed by atoms with Crippen LogP contribution in [-0.4, -0.2) is 34.5 Å². The van der Waals surface area contributed by atoms with Gasteiger partial charge in [-0.15, -0.1) is 0 Å². The second kappa shape index (κ2) is 5.36. The lowest BCUT2D eigenvalue weighted by atomic mass is 9.98. The van der Waals surface area contributed by atoms with Gasteiger partial charge in [0.25, 0.3) is 0 Å². The minimum Gasteiger partial charge on any atom is -0.371 e. The molecular formula is C13H22N4O. The molecule has 0 radical (unpaired) electrons. The highest BCUT2D eigenvalue weighted by molar-refractivity contribution is 5.05. The molecule has 1 N–H and O–H groups in total. The number of hydrogen-bond donors (Lipinski definition) is 1. The molecular weight excluding hydrogens is 228 g/mol. The molecule has 1 saturated heterocycles. The summed E-state index contributed by atoms with van der Waals surface area (Å²) in [5.41, 5.74) is 0. The third-order valence-corrected chi connectivity index (χ3v) is 3.91. The van der Waals surface area contributed by atoms with Crippen LogP contribution in [0.25, 0.3) is 0 Å². The molecule has 0 bridgehead atoms. The highest BCUT2D eigenvalue weighted by Gasteiger charge is 2.27. The van der Waals surface area contributed by atoms with Crippen LogP contribution in [0.2, 0.25) is 0 Å². The number of ether oxygens (including phenoxy) is 1. The largest absolute Gasteiger partial charge is 0.371 e. The van der Waals surface area contributed by atoms with Crippen molar-refractivity contribution in [3.63, 3.8) is 0 Å². The zero-order valence-electron chi connectivity index (χ0n) is 11.1. The highest BCUT2D eigenvalue weighted by atomic mass is 16.5. The van der Waals surface area contributed by atoms with Crippen molar-refractivity contribution in [2.75, 3.05) is 19.7 Å². The van der Waals surface area contributed by atoms with Crippen LogP contribution in [0.1, 0.15) is 56.3 Å². The minimum absolute atomic E-state index is 0.159. The van der Waals surface area contributed by atoms with Crippen molar-refractivity contribution in [3.05, 3.63) is 11.6 Å². The fourth-order valence-electron chi connectivity index (χ4n) is 2.94. The zero-order valence-corrected chi connectivity index (χ0v) is 11.1. The van der Waals surface area contributed by atoms with Crippen molar-refractivity contribution in [2.45, 2.75) is 51.2 Å². The quantitative estimate of drug-likeness (QED) is 0.885. The predicted molar refractivity (Wildman–Crippen MR) is 68.5 cm³/mol. The summed E-state index contributed by atoms with van der Waals surface area (Å²) >= 11 is 0. The number of nitrogens with one attached hydrogen (secondary N) is 1. The van der Waals surface area contributed by atoms with Gasteiger partial charge in [0.1, 0.15) is 6.10 Å². The second-order valence-electron chi connectivity index (χ2n) is 5.16. The Kier molecular flexibility index (Phi) is 3.61. The van der Waals surface area contributed by atoms with Crippen LogP contribution in [0.4, 0.5) is 0 Å². The van der Waals surface area contributed by atoms with E-state index in [0.29, 0.717) is 5.92 Å². The number of aryl methyl sites for hydroxylation is 1. The van der Waals surface area contributed by atoms with E-state index in [4.69, 9.17) is 14.8 Å². The fraction of sp³-hybridized carbons (Fsp3) is 0.846. The van der Waals surface area contributed by atoms with Gasteiger partial charge in [-0.1, -0.05) is 0 Å². The average molecular weight is 250 g/mol. The van der Waals surface area contributed by atoms with Crippen LogP contribution >= 0.6 is 0 Å². The maximum atomic E-state index is 5.77. The first-order chi connectivity index (χ1) is 8.88. The molecule has 1 aromatic rings. The Balaban J connectivity index is 1.81. The van der Waals surface area contributed by atoms with Gasteiger partial charge in [0, 0.05) is 19.1 Å². The van der Waals surface area contributed by atoms with Gasteiger partial charge in [-0.25, -0.2) is 9.67 Å². The third kappa shape index (κ3) is 2.29. The molecule has 3 heterocycles. The van der Waals surface area contributed by atoms with Crippen molar-refractivity contribution in [1.29, 1.82) is 0 Å². The van der Waals surface area contributed by atoms with Crippen LogP contribution in [0.3, 0.4) is 0 Å². The number of nitrogens with zero attached hydrogens (tertiary/aromatic N) is 3. The molecule has 5 heteroatoms. The first-order valence-electron chi connectivity index (χ1n) is 7.15. The first-order valence-corrected chi connectivity index (χ1v) is 7.15. The van der Waals surface area contributed by atoms with E-state index in [2.05, 4.69) is 10.00 Å². The van der Waals surface area contributed by atoms with Gasteiger partial charge in [-0.2, -0.15) is 5.10 Å². The van der Waals surface area contributed by atoms with E-state index >= 15 is 0 Å². The number of fused-ring (bicyclic) bond motifs is 1. The molecule has 0 aromatic carbocycles. The third-order valence-electron chi connectivity index (χ3n) is 3.91. The van der Waals surface area contributed by atoms with E-state index in [-0.39, 0.29) is 6.10 Å². The summed E-state index contributed by atoms with van der Waals surface area (Å²) in [6, 6.07) is 0. The van der Waals surface area contributed by atoms with E-state index in [1.54, 1.807) is 0 Å². The highest BCUT2D eigenvalue weighted by Crippen LogP contribution is 2.29. The van der Waals surface area contributed by atoms with Gasteiger partial charge in [-0.3, -0.25) is 0 Å². The van der Waals surface area contributed by atoms with Gasteiger partial charge in [0.15, 0.2) is 11.6 Å². The minimum atomic E-state index is 0.159. The Morgan fingerprint density at radius 2 is 2.17 bits per heavy atom. The number of piperidine rings is 1. The standard InChI is InChI=1S/C13H22N4O/c1-2-18-11-4-3-9-17-13(11)15-12(16-17)10-5-7-14-8-6-10/h10-11,14H,2-9H2,1H3. The molecule has 0 saturated carbocycles. The molecule has 1 fully saturated rings. The number of hydrogen-bond acceptors (Lipinski definition) is 4. The lowest BCUT2D eigenvalue weighted by molar-refractivity contribution is 0.0349. The van der Waals surface area contributed by atoms with Gasteiger partial charge in [0.05, 0.1) is 0 Å². The molecule has 3 rings (SSSR count). The van der Waals surface area contributed by atoms with E-state index in [1.807, 2.05) is 6.92 Å². The average Bonchev–Trinajstić information content (AvgIpc) is 2.85. The maximum Gasteiger partial charge on any atom is 0.156 e. The summed E-state index contributed by atoms with van der Waals surface area (Å²) in [5.74, 6) is 2.63. The Morgan fingerprint density at radius 3 is 2.94 bits per heavy atom. The van der Waals surface area contributed by atoms with E-state index < -0.39 is 0 Å². The van der Waals surface area contributed by atoms with Crippen LogP contribution in [0.5, 0.6) is 0 Å². The Hall–Kier alpha value is -0.940. The van der Waals surface area contributed by atoms with Crippen molar-refractivity contribution in [3.8, 4) is 0 Å². The predicted octanol–water partition coefficient (Wildman–Crippen LogP) is 1.62. The number of aromatic nitrogens is 3. The smallest absolute Gasteiger partial charge is 0.156 e. The Bertz CT molecular complexity index is 398. The first kappa shape index (κ1) is 12.1. The zero-order chi connectivity index (χ0) is 12.4. The summed E-state index contributed by atoms with van der Waals surface area (Å²) in [7, 11) is 0. The van der Waals surface area contributed by atoms with Crippen LogP contribution in [-0.2, 0) is 11.3 Å². The van der Waals surface area contributed by atoms with Crippen molar-refractivity contribution < 1.29 is 4.74 Å². The van der Waals surface area contributed by atoms with Crippen LogP contribution < -0.4 is 5.32 Å². The summed E-state index contributed by atoms with van der Waals surface area (Å²) < 4.78 is 7.84. The summed E-state index contributed by atoms with van der Waals surface area (Å²) in [4.78, 5) is 4.77. The maximum absolute atomic E-state index is 5.77. The lowest BCUT2D eigenvalue weighted by Gasteiger charge is -2.21. The molecule has 2 aliphatic heterocycles. The van der Waals surface area contributed by atoms with Gasteiger partial charge >= 0.3 is 0 Å². The van der Waals surface area contributed by atoms with Crippen LogP contribution in [0.15, 0.2) is 0 Å². The van der Waals surface area contributed by atoms with Gasteiger partial charge in [0.2, 0.25) is 0 Å². The molecule has 0 aliphatic carbocycles. The number of rotatable bonds is 3. The van der Waals surface area contributed by atoms with Gasteiger partial charge < -0.3 is 10.1 Å². The fourth-order valence-corrected chi connectivity index (χ4v) is 2.94. The monoisotopic (exact) mass is 250 g/mol. The summed E-state index contributed by atoms with van der Waals surface area (Å²) in [6.07, 6.45) is 4.70. The molecule has 0 spiro atoms. The van der Waals surface area contributed by atoms with Crippen molar-refractivity contribution in [2.24, 2.45) is 0 Å². The topological polar surface area (TPSA) is 52.0 Å². The molecule has 2 aliphatic rings. The van der Waals surface area contributed by atoms with Gasteiger partial charge in [-0.05, 0) is 45.7 Å². The van der Waals surface area contributed by atoms with E-state index in [1.165, 1.54) is 0 Å². The molecule has 0 amide bonds. The molecule has 18 heavy (non-hydrogen) atoms. The molecule has 1 aromatic heterocycles. The van der Waals surface area contributed by atoms with Crippen molar-refractivity contribution >= 4 is 0 Å². The van der Waals surface area contributed by atoms with Crippen molar-refractivity contribution in [1.82, 2.24) is 20.1 Å². The van der Waals surface area contributed by atoms with Crippen LogP contribution in [0, 0.1) is 0 Å². The molecule has 5 nitrogen and oxygen atoms in total. The Morgan fingerprint density at radius 1 is 1.33 bits per heavy atom. The summed E-state index contributed by atoms with van der Waals surface area (Å²) in [6.45, 7) is 5.97. The van der Waals surface area contributed by atoms with E-state index in [0.717, 1.165) is 63.6 Å².